The molecule has 1 heterocycles. The van der Waals surface area contributed by atoms with E-state index in [0.717, 1.165) is 0 Å². The lowest BCUT2D eigenvalue weighted by Gasteiger charge is -2.18. The molecule has 0 fully saturated rings. The van der Waals surface area contributed by atoms with Crippen LogP contribution >= 0.6 is 0 Å². The molecule has 8 heteroatoms. The molecule has 0 aliphatic carbocycles. The molecule has 2 aromatic rings. The summed E-state index contributed by atoms with van der Waals surface area (Å²) in [6.07, 6.45) is -0.0923. The summed E-state index contributed by atoms with van der Waals surface area (Å²) in [6, 6.07) is 6.24. The average Bonchev–Trinajstić information content (AvgIpc) is 2.45. The number of hydrazine groups is 1. The van der Waals surface area contributed by atoms with Crippen molar-refractivity contribution in [2.45, 2.75) is 20.0 Å². The molecule has 0 aliphatic rings. The number of benzene rings is 1. The predicted octanol–water partition coefficient (Wildman–Crippen LogP) is 1.85. The second-order valence-electron chi connectivity index (χ2n) is 4.59. The highest BCUT2D eigenvalue weighted by Crippen LogP contribution is 2.23. The fourth-order valence-corrected chi connectivity index (χ4v) is 1.62. The quantitative estimate of drug-likeness (QED) is 0.642. The van der Waals surface area contributed by atoms with Crippen LogP contribution in [-0.2, 0) is 0 Å². The van der Waals surface area contributed by atoms with E-state index in [0.29, 0.717) is 11.6 Å². The molecule has 0 amide bonds. The molecule has 7 nitrogen and oxygen atoms in total. The number of halogens is 1. The summed E-state index contributed by atoms with van der Waals surface area (Å²) in [6.45, 7) is 3.71. The number of nitrogen functional groups attached to an aromatic ring is 1. The highest BCUT2D eigenvalue weighted by molar-refractivity contribution is 5.57. The van der Waals surface area contributed by atoms with E-state index in [4.69, 9.17) is 10.6 Å². The third-order valence-electron chi connectivity index (χ3n) is 2.57. The van der Waals surface area contributed by atoms with Crippen molar-refractivity contribution < 1.29 is 9.13 Å². The third-order valence-corrected chi connectivity index (χ3v) is 2.57. The van der Waals surface area contributed by atoms with Crippen molar-refractivity contribution >= 4 is 17.6 Å². The molecule has 1 aromatic carbocycles. The van der Waals surface area contributed by atoms with Crippen LogP contribution in [0.1, 0.15) is 13.8 Å². The molecule has 0 saturated carbocycles. The highest BCUT2D eigenvalue weighted by Gasteiger charge is 2.13. The van der Waals surface area contributed by atoms with Crippen molar-refractivity contribution in [2.24, 2.45) is 5.84 Å². The second kappa shape index (κ2) is 6.31. The molecule has 0 atom stereocenters. The third kappa shape index (κ3) is 3.76. The van der Waals surface area contributed by atoms with Gasteiger partial charge in [-0.15, -0.1) is 0 Å². The van der Waals surface area contributed by atoms with Crippen LogP contribution in [0.3, 0.4) is 0 Å². The van der Waals surface area contributed by atoms with E-state index in [1.807, 2.05) is 13.8 Å². The van der Waals surface area contributed by atoms with Crippen LogP contribution in [0.25, 0.3) is 0 Å². The highest BCUT2D eigenvalue weighted by atomic mass is 19.1. The fourth-order valence-electron chi connectivity index (χ4n) is 1.62. The second-order valence-corrected chi connectivity index (χ2v) is 4.59. The Morgan fingerprint density at radius 3 is 2.67 bits per heavy atom. The lowest BCUT2D eigenvalue weighted by molar-refractivity contribution is 0.222. The van der Waals surface area contributed by atoms with E-state index < -0.39 is 0 Å². The van der Waals surface area contributed by atoms with Crippen molar-refractivity contribution in [3.63, 3.8) is 0 Å². The maximum atomic E-state index is 13.3. The summed E-state index contributed by atoms with van der Waals surface area (Å²) in [5, 5.41) is 0. The molecule has 21 heavy (non-hydrogen) atoms. The van der Waals surface area contributed by atoms with E-state index in [9.17, 15) is 4.39 Å². The number of rotatable bonds is 5. The summed E-state index contributed by atoms with van der Waals surface area (Å²) in [5.74, 6) is 5.46. The number of hydrogen-bond donors (Lipinski definition) is 2. The lowest BCUT2D eigenvalue weighted by Crippen LogP contribution is -2.19. The van der Waals surface area contributed by atoms with Crippen LogP contribution in [0.15, 0.2) is 24.3 Å². The maximum Gasteiger partial charge on any atom is 0.323 e. The first-order valence-electron chi connectivity index (χ1n) is 6.38. The van der Waals surface area contributed by atoms with Gasteiger partial charge in [-0.25, -0.2) is 10.2 Å². The zero-order valence-corrected chi connectivity index (χ0v) is 12.0. The minimum absolute atomic E-state index is 0.0923. The molecule has 1 aromatic heterocycles. The standard InChI is InChI=1S/C13H17FN6O/c1-8(2)21-13-17-11(19-15)16-12(18-13)20(3)10-6-4-5-9(14)7-10/h4-8H,15H2,1-3H3,(H,16,17,18,19). The van der Waals surface area contributed by atoms with Crippen molar-refractivity contribution in [3.8, 4) is 6.01 Å². The van der Waals surface area contributed by atoms with Gasteiger partial charge in [-0.2, -0.15) is 15.0 Å². The zero-order chi connectivity index (χ0) is 15.4. The Morgan fingerprint density at radius 2 is 2.05 bits per heavy atom. The smallest absolute Gasteiger partial charge is 0.323 e. The van der Waals surface area contributed by atoms with Crippen molar-refractivity contribution in [1.82, 2.24) is 15.0 Å². The lowest BCUT2D eigenvalue weighted by atomic mass is 10.3. The predicted molar refractivity (Wildman–Crippen MR) is 77.9 cm³/mol. The molecular weight excluding hydrogens is 275 g/mol. The Bertz CT molecular complexity index is 621. The topological polar surface area (TPSA) is 89.2 Å². The average molecular weight is 292 g/mol. The van der Waals surface area contributed by atoms with E-state index in [2.05, 4.69) is 20.4 Å². The Hall–Kier alpha value is -2.48. The Morgan fingerprint density at radius 1 is 1.29 bits per heavy atom. The van der Waals surface area contributed by atoms with Gasteiger partial charge in [0.25, 0.3) is 0 Å². The van der Waals surface area contributed by atoms with Crippen LogP contribution in [0.5, 0.6) is 6.01 Å². The van der Waals surface area contributed by atoms with Crippen LogP contribution in [0.2, 0.25) is 0 Å². The summed E-state index contributed by atoms with van der Waals surface area (Å²) in [4.78, 5) is 13.9. The Labute approximate surface area is 122 Å². The van der Waals surface area contributed by atoms with E-state index in [1.54, 1.807) is 24.1 Å². The molecule has 0 aliphatic heterocycles. The first-order valence-corrected chi connectivity index (χ1v) is 6.38. The molecule has 112 valence electrons. The number of nitrogens with zero attached hydrogens (tertiary/aromatic N) is 4. The minimum Gasteiger partial charge on any atom is -0.461 e. The minimum atomic E-state index is -0.343. The molecule has 0 unspecified atom stereocenters. The van der Waals surface area contributed by atoms with Gasteiger partial charge >= 0.3 is 6.01 Å². The van der Waals surface area contributed by atoms with Gasteiger partial charge < -0.3 is 9.64 Å². The van der Waals surface area contributed by atoms with Crippen molar-refractivity contribution in [2.75, 3.05) is 17.4 Å². The van der Waals surface area contributed by atoms with Crippen LogP contribution in [0.4, 0.5) is 22.0 Å². The Kier molecular flexibility index (Phi) is 4.49. The van der Waals surface area contributed by atoms with Gasteiger partial charge in [-0.05, 0) is 32.0 Å². The van der Waals surface area contributed by atoms with Gasteiger partial charge in [-0.3, -0.25) is 5.43 Å². The number of nitrogens with two attached hydrogens (primary N) is 1. The number of nitrogens with one attached hydrogen (secondary N) is 1. The Balaban J connectivity index is 2.37. The molecule has 0 radical (unpaired) electrons. The normalized spacial score (nSPS) is 10.6. The number of aromatic nitrogens is 3. The van der Waals surface area contributed by atoms with Gasteiger partial charge in [-0.1, -0.05) is 6.07 Å². The van der Waals surface area contributed by atoms with Gasteiger partial charge in [0, 0.05) is 12.7 Å². The summed E-state index contributed by atoms with van der Waals surface area (Å²) < 4.78 is 18.8. The summed E-state index contributed by atoms with van der Waals surface area (Å²) >= 11 is 0. The zero-order valence-electron chi connectivity index (χ0n) is 12.0. The van der Waals surface area contributed by atoms with Gasteiger partial charge in [0.2, 0.25) is 11.9 Å². The van der Waals surface area contributed by atoms with Crippen LogP contribution in [0, 0.1) is 5.82 Å². The van der Waals surface area contributed by atoms with E-state index in [-0.39, 0.29) is 23.9 Å². The molecule has 0 bridgehead atoms. The molecule has 3 N–H and O–H groups in total. The first-order chi connectivity index (χ1) is 9.99. The summed E-state index contributed by atoms with van der Waals surface area (Å²) in [5.41, 5.74) is 2.95. The maximum absolute atomic E-state index is 13.3. The van der Waals surface area contributed by atoms with E-state index in [1.165, 1.54) is 12.1 Å². The number of hydrogen-bond acceptors (Lipinski definition) is 7. The molecule has 2 rings (SSSR count). The van der Waals surface area contributed by atoms with Crippen LogP contribution < -0.4 is 20.9 Å². The van der Waals surface area contributed by atoms with Crippen molar-refractivity contribution in [1.29, 1.82) is 0 Å². The first kappa shape index (κ1) is 14.9. The molecule has 0 spiro atoms. The van der Waals surface area contributed by atoms with Crippen LogP contribution in [-0.4, -0.2) is 28.1 Å². The van der Waals surface area contributed by atoms with Gasteiger partial charge in [0.15, 0.2) is 0 Å². The SMILES string of the molecule is CC(C)Oc1nc(NN)nc(N(C)c2cccc(F)c2)n1. The monoisotopic (exact) mass is 292 g/mol. The van der Waals surface area contributed by atoms with E-state index >= 15 is 0 Å². The molecular formula is C13H17FN6O. The number of anilines is 3. The fraction of sp³-hybridized carbons (Fsp3) is 0.308. The van der Waals surface area contributed by atoms with Gasteiger partial charge in [0.1, 0.15) is 5.82 Å². The molecule has 0 saturated heterocycles. The largest absolute Gasteiger partial charge is 0.461 e. The summed E-state index contributed by atoms with van der Waals surface area (Å²) in [7, 11) is 1.71. The number of ether oxygens (including phenoxy) is 1. The van der Waals surface area contributed by atoms with Gasteiger partial charge in [0.05, 0.1) is 6.10 Å². The van der Waals surface area contributed by atoms with Crippen molar-refractivity contribution in [3.05, 3.63) is 30.1 Å².